The molecule has 0 saturated carbocycles. The summed E-state index contributed by atoms with van der Waals surface area (Å²) in [7, 11) is 0. The molecule has 2 atom stereocenters. The third-order valence-corrected chi connectivity index (χ3v) is 6.28. The van der Waals surface area contributed by atoms with Crippen LogP contribution in [-0.4, -0.2) is 44.2 Å². The highest BCUT2D eigenvalue weighted by atomic mass is 19.4. The Morgan fingerprint density at radius 1 is 1.18 bits per heavy atom. The number of alkyl halides is 3. The number of hydrogen-bond acceptors (Lipinski definition) is 6. The van der Waals surface area contributed by atoms with Crippen LogP contribution < -0.4 is 15.2 Å². The Morgan fingerprint density at radius 2 is 2.03 bits per heavy atom. The molecule has 4 heterocycles. The summed E-state index contributed by atoms with van der Waals surface area (Å²) < 4.78 is 49.6. The van der Waals surface area contributed by atoms with Gasteiger partial charge in [-0.25, -0.2) is 9.97 Å². The van der Waals surface area contributed by atoms with Crippen molar-refractivity contribution in [3.05, 3.63) is 60.0 Å². The third kappa shape index (κ3) is 3.27. The highest BCUT2D eigenvalue weighted by Gasteiger charge is 2.43. The number of imidazole rings is 1. The summed E-state index contributed by atoms with van der Waals surface area (Å²) in [6.45, 7) is 0.502. The number of aromatic nitrogens is 3. The fourth-order valence-corrected chi connectivity index (χ4v) is 4.87. The maximum Gasteiger partial charge on any atom is 0.573 e. The number of nitrogens with two attached hydrogens (primary N) is 1. The van der Waals surface area contributed by atoms with Crippen molar-refractivity contribution in [2.45, 2.75) is 31.3 Å². The van der Waals surface area contributed by atoms with Gasteiger partial charge in [0.1, 0.15) is 28.9 Å². The lowest BCUT2D eigenvalue weighted by molar-refractivity contribution is -0.274. The number of rotatable bonds is 2. The smallest absolute Gasteiger partial charge is 0.487 e. The maximum absolute atomic E-state index is 13.6. The Labute approximate surface area is 190 Å². The van der Waals surface area contributed by atoms with E-state index in [9.17, 15) is 18.0 Å². The average Bonchev–Trinajstić information content (AvgIpc) is 3.42. The second kappa shape index (κ2) is 7.24. The number of carbonyl (C=O) groups excluding carboxylic acids is 1. The van der Waals surface area contributed by atoms with Crippen molar-refractivity contribution < 1.29 is 27.4 Å². The summed E-state index contributed by atoms with van der Waals surface area (Å²) in [5.74, 6) is 0.0912. The van der Waals surface area contributed by atoms with Gasteiger partial charge in [-0.15, -0.1) is 13.2 Å². The van der Waals surface area contributed by atoms with E-state index in [0.29, 0.717) is 58.6 Å². The molecule has 1 amide bonds. The summed E-state index contributed by atoms with van der Waals surface area (Å²) in [5.41, 5.74) is 9.09. The predicted molar refractivity (Wildman–Crippen MR) is 115 cm³/mol. The zero-order chi connectivity index (χ0) is 23.6. The molecule has 4 aromatic rings. The first-order valence-electron chi connectivity index (χ1n) is 10.7. The molecule has 34 heavy (non-hydrogen) atoms. The monoisotopic (exact) mass is 469 g/mol. The number of nitrogen functional groups attached to an aromatic ring is 1. The predicted octanol–water partition coefficient (Wildman–Crippen LogP) is 4.10. The highest BCUT2D eigenvalue weighted by Crippen LogP contribution is 2.46. The minimum absolute atomic E-state index is 0.200. The third-order valence-electron chi connectivity index (χ3n) is 6.28. The summed E-state index contributed by atoms with van der Waals surface area (Å²) in [6, 6.07) is 8.79. The topological polar surface area (TPSA) is 95.0 Å². The molecule has 0 bridgehead atoms. The molecule has 2 aliphatic heterocycles. The van der Waals surface area contributed by atoms with Crippen molar-refractivity contribution in [1.82, 2.24) is 19.3 Å². The first kappa shape index (κ1) is 20.6. The van der Waals surface area contributed by atoms with Gasteiger partial charge in [0.2, 0.25) is 0 Å². The lowest BCUT2D eigenvalue weighted by atomic mass is 9.93. The standard InChI is InChI=1S/C23H18F3N5O3/c24-23(25,26)34-13-4-5-14-19(9-13)33-18-2-1-7-30(20(14)18)22(32)12-3-6-15-16(8-12)31-11-28-10-17(31)21(27)29-15/h3-6,8-11,18,20H,1-2,7H2,(H2,27,29). The number of likely N-dealkylation sites (tertiary alicyclic amines) is 1. The van der Waals surface area contributed by atoms with Gasteiger partial charge in [-0.1, -0.05) is 0 Å². The second-order valence-corrected chi connectivity index (χ2v) is 8.34. The summed E-state index contributed by atoms with van der Waals surface area (Å²) in [4.78, 5) is 23.9. The fourth-order valence-electron chi connectivity index (χ4n) is 4.87. The van der Waals surface area contributed by atoms with E-state index in [0.717, 1.165) is 0 Å². The van der Waals surface area contributed by atoms with Crippen LogP contribution in [0.2, 0.25) is 0 Å². The molecule has 6 rings (SSSR count). The Bertz CT molecular complexity index is 1450. The molecule has 0 spiro atoms. The fraction of sp³-hybridized carbons (Fsp3) is 0.261. The van der Waals surface area contributed by atoms with Crippen LogP contribution in [-0.2, 0) is 0 Å². The average molecular weight is 469 g/mol. The largest absolute Gasteiger partial charge is 0.573 e. The number of piperidine rings is 1. The molecule has 2 aromatic carbocycles. The Hall–Kier alpha value is -4.02. The van der Waals surface area contributed by atoms with Gasteiger partial charge in [0.15, 0.2) is 0 Å². The van der Waals surface area contributed by atoms with Crippen LogP contribution in [0.25, 0.3) is 16.6 Å². The molecule has 11 heteroatoms. The van der Waals surface area contributed by atoms with Crippen LogP contribution in [0.4, 0.5) is 19.0 Å². The minimum Gasteiger partial charge on any atom is -0.487 e. The highest BCUT2D eigenvalue weighted by molar-refractivity contribution is 5.98. The van der Waals surface area contributed by atoms with Crippen molar-refractivity contribution >= 4 is 28.3 Å². The molecule has 1 saturated heterocycles. The summed E-state index contributed by atoms with van der Waals surface area (Å²) in [5, 5.41) is 0. The van der Waals surface area contributed by atoms with Gasteiger partial charge < -0.3 is 20.1 Å². The number of fused-ring (bicyclic) bond motifs is 6. The van der Waals surface area contributed by atoms with Crippen LogP contribution >= 0.6 is 0 Å². The zero-order valence-electron chi connectivity index (χ0n) is 17.6. The molecular formula is C23H18F3N5O3. The maximum atomic E-state index is 13.6. The number of benzene rings is 2. The van der Waals surface area contributed by atoms with Gasteiger partial charge in [0, 0.05) is 23.7 Å². The van der Waals surface area contributed by atoms with Crippen LogP contribution in [0.3, 0.4) is 0 Å². The lowest BCUT2D eigenvalue weighted by Crippen LogP contribution is -2.44. The van der Waals surface area contributed by atoms with E-state index in [4.69, 9.17) is 10.5 Å². The Kier molecular flexibility index (Phi) is 4.38. The lowest BCUT2D eigenvalue weighted by Gasteiger charge is -2.36. The summed E-state index contributed by atoms with van der Waals surface area (Å²) in [6.07, 6.45) is -0.509. The van der Waals surface area contributed by atoms with Gasteiger partial charge in [-0.05, 0) is 43.2 Å². The molecule has 0 radical (unpaired) electrons. The van der Waals surface area contributed by atoms with Crippen molar-refractivity contribution in [3.63, 3.8) is 0 Å². The molecule has 8 nitrogen and oxygen atoms in total. The Morgan fingerprint density at radius 3 is 2.85 bits per heavy atom. The van der Waals surface area contributed by atoms with Crippen molar-refractivity contribution in [2.24, 2.45) is 0 Å². The minimum atomic E-state index is -4.79. The van der Waals surface area contributed by atoms with Gasteiger partial charge in [-0.3, -0.25) is 9.20 Å². The SMILES string of the molecule is Nc1nc2ccc(C(=O)N3CCCC4Oc5cc(OC(F)(F)F)ccc5C43)cc2n2cncc12. The van der Waals surface area contributed by atoms with Crippen molar-refractivity contribution in [3.8, 4) is 11.5 Å². The normalized spacial score (nSPS) is 19.7. The van der Waals surface area contributed by atoms with Crippen LogP contribution in [0.5, 0.6) is 11.5 Å². The number of nitrogens with zero attached hydrogens (tertiary/aromatic N) is 4. The molecule has 0 aliphatic carbocycles. The number of amides is 1. The van der Waals surface area contributed by atoms with Crippen LogP contribution in [0.15, 0.2) is 48.9 Å². The number of halogens is 3. The van der Waals surface area contributed by atoms with E-state index < -0.39 is 12.4 Å². The second-order valence-electron chi connectivity index (χ2n) is 8.34. The van der Waals surface area contributed by atoms with E-state index in [1.54, 1.807) is 40.0 Å². The number of carbonyl (C=O) groups is 1. The van der Waals surface area contributed by atoms with E-state index in [-0.39, 0.29) is 17.8 Å². The number of hydrogen-bond donors (Lipinski definition) is 1. The molecular weight excluding hydrogens is 451 g/mol. The molecule has 2 unspecified atom stereocenters. The zero-order valence-corrected chi connectivity index (χ0v) is 17.6. The first-order valence-corrected chi connectivity index (χ1v) is 10.7. The molecule has 174 valence electrons. The van der Waals surface area contributed by atoms with Gasteiger partial charge >= 0.3 is 6.36 Å². The molecule has 2 aromatic heterocycles. The van der Waals surface area contributed by atoms with Crippen molar-refractivity contribution in [2.75, 3.05) is 12.3 Å². The van der Waals surface area contributed by atoms with E-state index in [2.05, 4.69) is 14.7 Å². The first-order chi connectivity index (χ1) is 16.3. The van der Waals surface area contributed by atoms with E-state index in [1.807, 2.05) is 0 Å². The van der Waals surface area contributed by atoms with Crippen LogP contribution in [0, 0.1) is 0 Å². The summed E-state index contributed by atoms with van der Waals surface area (Å²) >= 11 is 0. The molecule has 2 aliphatic rings. The van der Waals surface area contributed by atoms with E-state index >= 15 is 0 Å². The quantitative estimate of drug-likeness (QED) is 0.475. The number of ether oxygens (including phenoxy) is 2. The number of anilines is 1. The molecule has 1 fully saturated rings. The van der Waals surface area contributed by atoms with Crippen LogP contribution in [0.1, 0.15) is 34.8 Å². The van der Waals surface area contributed by atoms with Gasteiger partial charge in [0.25, 0.3) is 5.91 Å². The Balaban J connectivity index is 1.36. The van der Waals surface area contributed by atoms with Crippen molar-refractivity contribution in [1.29, 1.82) is 0 Å². The van der Waals surface area contributed by atoms with Gasteiger partial charge in [0.05, 0.1) is 29.6 Å². The van der Waals surface area contributed by atoms with Gasteiger partial charge in [-0.2, -0.15) is 0 Å². The van der Waals surface area contributed by atoms with E-state index in [1.165, 1.54) is 18.2 Å². The molecule has 2 N–H and O–H groups in total.